The van der Waals surface area contributed by atoms with Crippen LogP contribution in [0.3, 0.4) is 0 Å². The van der Waals surface area contributed by atoms with Crippen LogP contribution in [0.1, 0.15) is 6.42 Å². The molecule has 1 unspecified atom stereocenters. The largest absolute Gasteiger partial charge is 0.305 e. The third-order valence-electron chi connectivity index (χ3n) is 2.27. The van der Waals surface area contributed by atoms with Crippen molar-refractivity contribution >= 4 is 0 Å². The van der Waals surface area contributed by atoms with Crippen molar-refractivity contribution < 1.29 is 0 Å². The molecule has 1 heterocycles. The van der Waals surface area contributed by atoms with Crippen LogP contribution >= 0.6 is 0 Å². The smallest absolute Gasteiger partial charge is 0.0379 e. The third-order valence-corrected chi connectivity index (χ3v) is 2.27. The number of likely N-dealkylation sites (N-methyl/N-ethyl adjacent to an activating group) is 2. The van der Waals surface area contributed by atoms with E-state index in [-0.39, 0.29) is 0 Å². The van der Waals surface area contributed by atoms with Crippen molar-refractivity contribution in [1.82, 2.24) is 15.3 Å². The molecule has 1 rings (SSSR count). The van der Waals surface area contributed by atoms with Crippen LogP contribution in [-0.4, -0.2) is 50.2 Å². The molecule has 0 radical (unpaired) electrons. The first kappa shape index (κ1) is 7.98. The molecule has 1 saturated heterocycles. The van der Waals surface area contributed by atoms with E-state index in [1.54, 1.807) is 0 Å². The highest BCUT2D eigenvalue weighted by Gasteiger charge is 2.21. The minimum Gasteiger partial charge on any atom is -0.305 e. The Kier molecular flexibility index (Phi) is 2.65. The van der Waals surface area contributed by atoms with Gasteiger partial charge in [0.2, 0.25) is 0 Å². The summed E-state index contributed by atoms with van der Waals surface area (Å²) in [4.78, 5) is 2.36. The molecule has 1 aliphatic rings. The van der Waals surface area contributed by atoms with Gasteiger partial charge in [-0.3, -0.25) is 5.43 Å². The fourth-order valence-corrected chi connectivity index (χ4v) is 1.41. The Morgan fingerprint density at radius 1 is 1.60 bits per heavy atom. The number of likely N-dealkylation sites (tertiary alicyclic amines) is 1. The van der Waals surface area contributed by atoms with Crippen molar-refractivity contribution in [1.29, 1.82) is 0 Å². The fourth-order valence-electron chi connectivity index (χ4n) is 1.41. The number of nitrogens with zero attached hydrogens (tertiary/aromatic N) is 2. The van der Waals surface area contributed by atoms with E-state index in [9.17, 15) is 0 Å². The van der Waals surface area contributed by atoms with E-state index in [2.05, 4.69) is 29.4 Å². The second-order valence-electron chi connectivity index (χ2n) is 3.04. The normalized spacial score (nSPS) is 28.2. The summed E-state index contributed by atoms with van der Waals surface area (Å²) in [5.41, 5.74) is 3.13. The molecule has 1 aliphatic heterocycles. The van der Waals surface area contributed by atoms with Gasteiger partial charge in [0, 0.05) is 19.6 Å². The maximum absolute atomic E-state index is 3.13. The molecule has 60 valence electrons. The van der Waals surface area contributed by atoms with Crippen LogP contribution in [-0.2, 0) is 0 Å². The predicted octanol–water partition coefficient (Wildman–Crippen LogP) is -0.243. The number of hydrogen-bond donors (Lipinski definition) is 1. The minimum atomic E-state index is 0.704. The van der Waals surface area contributed by atoms with Gasteiger partial charge in [-0.25, -0.2) is 5.01 Å². The van der Waals surface area contributed by atoms with Gasteiger partial charge < -0.3 is 4.90 Å². The highest BCUT2D eigenvalue weighted by molar-refractivity contribution is 4.77. The van der Waals surface area contributed by atoms with E-state index in [0.717, 1.165) is 0 Å². The number of rotatable bonds is 2. The Morgan fingerprint density at radius 2 is 2.30 bits per heavy atom. The average Bonchev–Trinajstić information content (AvgIpc) is 2.34. The quantitative estimate of drug-likeness (QED) is 0.538. The minimum absolute atomic E-state index is 0.704. The second kappa shape index (κ2) is 3.32. The summed E-state index contributed by atoms with van der Waals surface area (Å²) in [7, 11) is 6.24. The van der Waals surface area contributed by atoms with Crippen LogP contribution in [0.2, 0.25) is 0 Å². The molecule has 1 N–H and O–H groups in total. The highest BCUT2D eigenvalue weighted by Crippen LogP contribution is 2.09. The van der Waals surface area contributed by atoms with Crippen LogP contribution in [0.5, 0.6) is 0 Å². The van der Waals surface area contributed by atoms with Crippen molar-refractivity contribution in [3.8, 4) is 0 Å². The summed E-state index contributed by atoms with van der Waals surface area (Å²) in [5.74, 6) is 0. The second-order valence-corrected chi connectivity index (χ2v) is 3.04. The van der Waals surface area contributed by atoms with Crippen LogP contribution < -0.4 is 5.43 Å². The third kappa shape index (κ3) is 1.68. The summed E-state index contributed by atoms with van der Waals surface area (Å²) in [6, 6.07) is 0.704. The Hall–Kier alpha value is -0.120. The van der Waals surface area contributed by atoms with Gasteiger partial charge in [-0.05, 0) is 27.1 Å². The first-order valence-electron chi connectivity index (χ1n) is 3.83. The van der Waals surface area contributed by atoms with Crippen molar-refractivity contribution in [3.63, 3.8) is 0 Å². The van der Waals surface area contributed by atoms with E-state index in [4.69, 9.17) is 0 Å². The van der Waals surface area contributed by atoms with Crippen LogP contribution in [0.25, 0.3) is 0 Å². The van der Waals surface area contributed by atoms with Gasteiger partial charge in [0.25, 0.3) is 0 Å². The SMILES string of the molecule is CNN(C)C1CCN(C)C1. The van der Waals surface area contributed by atoms with E-state index in [1.807, 2.05) is 7.05 Å². The molecular weight excluding hydrogens is 126 g/mol. The van der Waals surface area contributed by atoms with Gasteiger partial charge in [0.15, 0.2) is 0 Å². The van der Waals surface area contributed by atoms with Gasteiger partial charge in [-0.2, -0.15) is 0 Å². The summed E-state index contributed by atoms with van der Waals surface area (Å²) < 4.78 is 0. The lowest BCUT2D eigenvalue weighted by Crippen LogP contribution is -2.41. The Balaban J connectivity index is 2.29. The lowest BCUT2D eigenvalue weighted by molar-refractivity contribution is 0.184. The maximum atomic E-state index is 3.13. The summed E-state index contributed by atoms with van der Waals surface area (Å²) in [6.07, 6.45) is 1.29. The number of nitrogens with one attached hydrogen (secondary N) is 1. The molecule has 0 saturated carbocycles. The molecule has 0 amide bonds. The number of hydrazine groups is 1. The Morgan fingerprint density at radius 3 is 2.70 bits per heavy atom. The van der Waals surface area contributed by atoms with Gasteiger partial charge in [-0.1, -0.05) is 0 Å². The number of hydrogen-bond acceptors (Lipinski definition) is 3. The monoisotopic (exact) mass is 143 g/mol. The average molecular weight is 143 g/mol. The highest BCUT2D eigenvalue weighted by atomic mass is 15.5. The lowest BCUT2D eigenvalue weighted by atomic mass is 10.3. The first-order valence-corrected chi connectivity index (χ1v) is 3.83. The molecule has 3 heteroatoms. The topological polar surface area (TPSA) is 18.5 Å². The van der Waals surface area contributed by atoms with Gasteiger partial charge in [0.1, 0.15) is 0 Å². The van der Waals surface area contributed by atoms with Crippen LogP contribution in [0, 0.1) is 0 Å². The molecule has 0 aromatic carbocycles. The van der Waals surface area contributed by atoms with E-state index >= 15 is 0 Å². The van der Waals surface area contributed by atoms with Crippen LogP contribution in [0.15, 0.2) is 0 Å². The van der Waals surface area contributed by atoms with E-state index < -0.39 is 0 Å². The van der Waals surface area contributed by atoms with E-state index in [1.165, 1.54) is 19.5 Å². The van der Waals surface area contributed by atoms with Gasteiger partial charge >= 0.3 is 0 Å². The van der Waals surface area contributed by atoms with Crippen molar-refractivity contribution in [3.05, 3.63) is 0 Å². The van der Waals surface area contributed by atoms with Gasteiger partial charge in [0.05, 0.1) is 0 Å². The lowest BCUT2D eigenvalue weighted by Gasteiger charge is -2.22. The van der Waals surface area contributed by atoms with Gasteiger partial charge in [-0.15, -0.1) is 0 Å². The fraction of sp³-hybridized carbons (Fsp3) is 1.00. The van der Waals surface area contributed by atoms with Crippen molar-refractivity contribution in [2.75, 3.05) is 34.2 Å². The first-order chi connectivity index (χ1) is 4.74. The van der Waals surface area contributed by atoms with Crippen molar-refractivity contribution in [2.24, 2.45) is 0 Å². The summed E-state index contributed by atoms with van der Waals surface area (Å²) in [6.45, 7) is 2.42. The van der Waals surface area contributed by atoms with Crippen LogP contribution in [0.4, 0.5) is 0 Å². The zero-order valence-electron chi connectivity index (χ0n) is 7.09. The molecule has 1 atom stereocenters. The molecule has 3 nitrogen and oxygen atoms in total. The molecule has 0 aromatic rings. The molecule has 0 spiro atoms. The molecular formula is C7H17N3. The standard InChI is InChI=1S/C7H17N3/c1-8-10(3)7-4-5-9(2)6-7/h7-8H,4-6H2,1-3H3. The molecule has 0 aromatic heterocycles. The zero-order chi connectivity index (χ0) is 7.56. The molecule has 10 heavy (non-hydrogen) atoms. The Bertz CT molecular complexity index is 105. The maximum Gasteiger partial charge on any atom is 0.0379 e. The van der Waals surface area contributed by atoms with Crippen molar-refractivity contribution in [2.45, 2.75) is 12.5 Å². The zero-order valence-corrected chi connectivity index (χ0v) is 7.09. The van der Waals surface area contributed by atoms with E-state index in [0.29, 0.717) is 6.04 Å². The summed E-state index contributed by atoms with van der Waals surface area (Å²) >= 11 is 0. The Labute approximate surface area is 63.0 Å². The molecule has 1 fully saturated rings. The molecule has 0 aliphatic carbocycles. The summed E-state index contributed by atoms with van der Waals surface area (Å²) in [5, 5.41) is 2.18. The molecule has 0 bridgehead atoms. The predicted molar refractivity (Wildman–Crippen MR) is 42.7 cm³/mol.